The summed E-state index contributed by atoms with van der Waals surface area (Å²) in [6, 6.07) is 8.33. The fraction of sp³-hybridized carbons (Fsp3) is 0.536. The third kappa shape index (κ3) is 6.61. The number of fused-ring (bicyclic) bond motifs is 2. The number of nitrogens with one attached hydrogen (secondary N) is 1. The number of hydrogen-bond acceptors (Lipinski definition) is 10. The minimum Gasteiger partial charge on any atom is -0.487 e. The minimum atomic E-state index is -1.88. The SMILES string of the molecule is O=C(O)C1OC(O[C@@H](CNC[C@H](O)[C@@H]2CCc3cc(F)ccc3O2)[C@H]2CCc3cc(F)ccc3O2)C(O)C(O)C1O. The lowest BCUT2D eigenvalue weighted by Gasteiger charge is -2.41. The molecule has 0 saturated carbocycles. The van der Waals surface area contributed by atoms with E-state index in [1.54, 1.807) is 0 Å². The molecule has 0 aromatic heterocycles. The Balaban J connectivity index is 1.26. The van der Waals surface area contributed by atoms with Crippen LogP contribution in [-0.4, -0.2) is 99.7 Å². The number of hydrogen-bond donors (Lipinski definition) is 6. The van der Waals surface area contributed by atoms with Crippen LogP contribution in [0.15, 0.2) is 36.4 Å². The van der Waals surface area contributed by atoms with E-state index in [9.17, 15) is 39.1 Å². The molecule has 5 rings (SSSR count). The Morgan fingerprint density at radius 3 is 2.10 bits per heavy atom. The molecule has 11 nitrogen and oxygen atoms in total. The number of carboxylic acids is 1. The maximum Gasteiger partial charge on any atom is 0.335 e. The van der Waals surface area contributed by atoms with Gasteiger partial charge in [0, 0.05) is 13.1 Å². The Bertz CT molecular complexity index is 1230. The fourth-order valence-corrected chi connectivity index (χ4v) is 5.40. The molecule has 0 aliphatic carbocycles. The number of halogens is 2. The predicted molar refractivity (Wildman–Crippen MR) is 136 cm³/mol. The number of aliphatic carboxylic acids is 1. The first-order chi connectivity index (χ1) is 19.6. The summed E-state index contributed by atoms with van der Waals surface area (Å²) in [5.74, 6) is -1.37. The Hall–Kier alpha value is -2.91. The van der Waals surface area contributed by atoms with Crippen LogP contribution in [0.4, 0.5) is 8.78 Å². The number of aryl methyl sites for hydroxylation is 2. The highest BCUT2D eigenvalue weighted by Crippen LogP contribution is 2.32. The van der Waals surface area contributed by atoms with E-state index in [1.807, 2.05) is 0 Å². The van der Waals surface area contributed by atoms with Crippen molar-refractivity contribution >= 4 is 5.97 Å². The van der Waals surface area contributed by atoms with Gasteiger partial charge in [0.05, 0.1) is 0 Å². The van der Waals surface area contributed by atoms with Crippen LogP contribution >= 0.6 is 0 Å². The second kappa shape index (κ2) is 12.5. The normalized spacial score (nSPS) is 30.7. The first-order valence-electron chi connectivity index (χ1n) is 13.5. The molecule has 0 bridgehead atoms. The Kier molecular flexibility index (Phi) is 9.04. The summed E-state index contributed by atoms with van der Waals surface area (Å²) in [7, 11) is 0. The lowest BCUT2D eigenvalue weighted by atomic mass is 9.97. The molecular weight excluding hydrogens is 548 g/mol. The second-order valence-electron chi connectivity index (χ2n) is 10.5. The van der Waals surface area contributed by atoms with Crippen molar-refractivity contribution < 1.29 is 58.1 Å². The summed E-state index contributed by atoms with van der Waals surface area (Å²) in [6.45, 7) is 0.0957. The third-order valence-electron chi connectivity index (χ3n) is 7.66. The van der Waals surface area contributed by atoms with Crippen molar-refractivity contribution in [2.45, 2.75) is 80.8 Å². The molecule has 0 spiro atoms. The smallest absolute Gasteiger partial charge is 0.335 e. The summed E-state index contributed by atoms with van der Waals surface area (Å²) in [5.41, 5.74) is 1.39. The van der Waals surface area contributed by atoms with Gasteiger partial charge in [0.25, 0.3) is 0 Å². The van der Waals surface area contributed by atoms with Crippen molar-refractivity contribution in [3.8, 4) is 11.5 Å². The number of aliphatic hydroxyl groups is 4. The van der Waals surface area contributed by atoms with Crippen molar-refractivity contribution in [1.82, 2.24) is 5.32 Å². The van der Waals surface area contributed by atoms with Crippen LogP contribution in [-0.2, 0) is 27.1 Å². The topological polar surface area (TPSA) is 167 Å². The number of carbonyl (C=O) groups is 1. The zero-order chi connectivity index (χ0) is 29.3. The Morgan fingerprint density at radius 2 is 1.49 bits per heavy atom. The molecule has 0 amide bonds. The third-order valence-corrected chi connectivity index (χ3v) is 7.66. The van der Waals surface area contributed by atoms with Crippen molar-refractivity contribution in [1.29, 1.82) is 0 Å². The van der Waals surface area contributed by atoms with Crippen molar-refractivity contribution in [3.63, 3.8) is 0 Å². The molecule has 6 N–H and O–H groups in total. The largest absolute Gasteiger partial charge is 0.487 e. The van der Waals surface area contributed by atoms with Gasteiger partial charge in [0.2, 0.25) is 0 Å². The van der Waals surface area contributed by atoms with Crippen LogP contribution in [0.5, 0.6) is 11.5 Å². The van der Waals surface area contributed by atoms with Gasteiger partial charge in [0.15, 0.2) is 12.4 Å². The summed E-state index contributed by atoms with van der Waals surface area (Å²) in [5, 5.41) is 54.0. The van der Waals surface area contributed by atoms with E-state index in [1.165, 1.54) is 36.4 Å². The van der Waals surface area contributed by atoms with E-state index in [0.717, 1.165) is 5.56 Å². The zero-order valence-electron chi connectivity index (χ0n) is 21.9. The maximum absolute atomic E-state index is 13.7. The molecule has 3 aliphatic rings. The molecule has 41 heavy (non-hydrogen) atoms. The van der Waals surface area contributed by atoms with Gasteiger partial charge in [0.1, 0.15) is 65.9 Å². The van der Waals surface area contributed by atoms with Gasteiger partial charge in [-0.2, -0.15) is 0 Å². The summed E-state index contributed by atoms with van der Waals surface area (Å²) in [6.07, 6.45) is -10.2. The molecule has 5 unspecified atom stereocenters. The molecule has 3 heterocycles. The maximum atomic E-state index is 13.7. The van der Waals surface area contributed by atoms with E-state index in [4.69, 9.17) is 18.9 Å². The van der Waals surface area contributed by atoms with E-state index in [2.05, 4.69) is 5.32 Å². The van der Waals surface area contributed by atoms with E-state index in [-0.39, 0.29) is 18.9 Å². The molecule has 0 radical (unpaired) electrons. The first-order valence-corrected chi connectivity index (χ1v) is 13.5. The summed E-state index contributed by atoms with van der Waals surface area (Å²) < 4.78 is 50.4. The lowest BCUT2D eigenvalue weighted by Crippen LogP contribution is -2.62. The summed E-state index contributed by atoms with van der Waals surface area (Å²) >= 11 is 0. The highest BCUT2D eigenvalue weighted by atomic mass is 19.1. The lowest BCUT2D eigenvalue weighted by molar-refractivity contribution is -0.309. The number of ether oxygens (including phenoxy) is 4. The van der Waals surface area contributed by atoms with Crippen molar-refractivity contribution in [3.05, 3.63) is 59.2 Å². The van der Waals surface area contributed by atoms with Crippen LogP contribution in [0.2, 0.25) is 0 Å². The van der Waals surface area contributed by atoms with Crippen LogP contribution in [0.1, 0.15) is 24.0 Å². The molecule has 1 saturated heterocycles. The number of aliphatic hydroxyl groups excluding tert-OH is 4. The van der Waals surface area contributed by atoms with Gasteiger partial charge in [-0.1, -0.05) is 0 Å². The Labute approximate surface area is 234 Å². The fourth-order valence-electron chi connectivity index (χ4n) is 5.40. The van der Waals surface area contributed by atoms with Crippen molar-refractivity contribution in [2.24, 2.45) is 0 Å². The molecular formula is C28H33F2NO10. The zero-order valence-corrected chi connectivity index (χ0v) is 21.9. The van der Waals surface area contributed by atoms with Gasteiger partial charge in [-0.25, -0.2) is 13.6 Å². The molecule has 224 valence electrons. The van der Waals surface area contributed by atoms with E-state index < -0.39 is 66.9 Å². The quantitative estimate of drug-likeness (QED) is 0.241. The first kappa shape index (κ1) is 29.6. The number of benzene rings is 2. The van der Waals surface area contributed by atoms with Gasteiger partial charge in [-0.15, -0.1) is 0 Å². The van der Waals surface area contributed by atoms with Crippen LogP contribution < -0.4 is 14.8 Å². The standard InChI is InChI=1S/C28H33F2NO10/c29-15-3-7-18-13(9-15)1-5-20(38-18)17(32)11-31-12-22(21-6-2-14-10-16(30)4-8-19(14)39-21)40-28-25(35)23(33)24(34)26(41-28)27(36)37/h3-4,7-10,17,20-26,28,31-35H,1-2,5-6,11-12H2,(H,36,37)/t17-,20-,21+,22-,23?,24?,25?,26?,28?/m0/s1. The highest BCUT2D eigenvalue weighted by molar-refractivity contribution is 5.73. The molecule has 3 aliphatic heterocycles. The molecule has 2 aromatic carbocycles. The molecule has 13 heteroatoms. The second-order valence-corrected chi connectivity index (χ2v) is 10.5. The van der Waals surface area contributed by atoms with Crippen molar-refractivity contribution in [2.75, 3.05) is 13.1 Å². The predicted octanol–water partition coefficient (Wildman–Crippen LogP) is 0.280. The summed E-state index contributed by atoms with van der Waals surface area (Å²) in [4.78, 5) is 11.5. The van der Waals surface area contributed by atoms with Crippen LogP contribution in [0, 0.1) is 11.6 Å². The average molecular weight is 582 g/mol. The van der Waals surface area contributed by atoms with Gasteiger partial charge in [-0.3, -0.25) is 0 Å². The molecule has 1 fully saturated rings. The van der Waals surface area contributed by atoms with E-state index in [0.29, 0.717) is 42.7 Å². The Morgan fingerprint density at radius 1 is 0.902 bits per heavy atom. The van der Waals surface area contributed by atoms with Crippen LogP contribution in [0.25, 0.3) is 0 Å². The van der Waals surface area contributed by atoms with Gasteiger partial charge >= 0.3 is 5.97 Å². The monoisotopic (exact) mass is 581 g/mol. The van der Waals surface area contributed by atoms with Crippen LogP contribution in [0.3, 0.4) is 0 Å². The minimum absolute atomic E-state index is 0.0374. The van der Waals surface area contributed by atoms with E-state index >= 15 is 0 Å². The average Bonchev–Trinajstić information content (AvgIpc) is 2.95. The van der Waals surface area contributed by atoms with Gasteiger partial charge in [-0.05, 0) is 73.2 Å². The van der Waals surface area contributed by atoms with Gasteiger partial charge < -0.3 is 49.8 Å². The molecule has 2 aromatic rings. The number of carboxylic acid groups (broad SMARTS) is 1. The number of rotatable bonds is 9. The molecule has 9 atom stereocenters. The highest BCUT2D eigenvalue weighted by Gasteiger charge is 2.49.